The van der Waals surface area contributed by atoms with E-state index in [2.05, 4.69) is 20.5 Å². The summed E-state index contributed by atoms with van der Waals surface area (Å²) in [5, 5.41) is 6.46. The van der Waals surface area contributed by atoms with Crippen LogP contribution in [0, 0.1) is 5.92 Å². The maximum absolute atomic E-state index is 13.2. The average molecular weight is 505 g/mol. The SMILES string of the molecule is O=C(Nc1cc(C(=O)N2CCNCC2)ccc1N1CCCN(C(=O)c2ccncc2)CC1)C1CCCC1. The molecule has 1 saturated carbocycles. The minimum atomic E-state index is -0.00518. The van der Waals surface area contributed by atoms with Crippen molar-refractivity contribution in [1.29, 1.82) is 0 Å². The molecular formula is C28H36N6O3. The Hall–Kier alpha value is -3.46. The number of hydrogen-bond acceptors (Lipinski definition) is 6. The summed E-state index contributed by atoms with van der Waals surface area (Å²) in [6, 6.07) is 9.17. The Morgan fingerprint density at radius 1 is 0.784 bits per heavy atom. The minimum absolute atomic E-state index is 0.00518. The van der Waals surface area contributed by atoms with Gasteiger partial charge in [0.1, 0.15) is 0 Å². The number of carbonyl (C=O) groups excluding carboxylic acids is 3. The number of piperazine rings is 1. The van der Waals surface area contributed by atoms with E-state index in [0.29, 0.717) is 49.5 Å². The van der Waals surface area contributed by atoms with E-state index < -0.39 is 0 Å². The van der Waals surface area contributed by atoms with Crippen LogP contribution in [0.1, 0.15) is 52.8 Å². The standard InChI is InChI=1S/C28H36N6O3/c35-26(21-4-1-2-5-21)31-24-20-23(28(37)34-16-12-30-13-17-34)6-7-25(24)32-14-3-15-33(19-18-32)27(36)22-8-10-29-11-9-22/h6-11,20-21,30H,1-5,12-19H2,(H,31,35). The quantitative estimate of drug-likeness (QED) is 0.650. The molecule has 2 aliphatic heterocycles. The minimum Gasteiger partial charge on any atom is -0.368 e. The van der Waals surface area contributed by atoms with Crippen LogP contribution in [0.25, 0.3) is 0 Å². The Bertz CT molecular complexity index is 1110. The van der Waals surface area contributed by atoms with Gasteiger partial charge in [-0.3, -0.25) is 19.4 Å². The third-order valence-corrected chi connectivity index (χ3v) is 7.68. The van der Waals surface area contributed by atoms with Gasteiger partial charge in [0.05, 0.1) is 11.4 Å². The highest BCUT2D eigenvalue weighted by atomic mass is 16.2. The highest BCUT2D eigenvalue weighted by Gasteiger charge is 2.27. The number of nitrogens with one attached hydrogen (secondary N) is 2. The second-order valence-corrected chi connectivity index (χ2v) is 10.1. The number of nitrogens with zero attached hydrogens (tertiary/aromatic N) is 4. The second kappa shape index (κ2) is 11.7. The molecule has 2 saturated heterocycles. The molecule has 0 atom stereocenters. The maximum atomic E-state index is 13.2. The fourth-order valence-corrected chi connectivity index (χ4v) is 5.56. The van der Waals surface area contributed by atoms with Crippen LogP contribution in [-0.4, -0.2) is 84.9 Å². The van der Waals surface area contributed by atoms with Crippen LogP contribution in [0.2, 0.25) is 0 Å². The third-order valence-electron chi connectivity index (χ3n) is 7.68. The summed E-state index contributed by atoms with van der Waals surface area (Å²) in [5.74, 6) is 0.0678. The van der Waals surface area contributed by atoms with Crippen LogP contribution in [0.3, 0.4) is 0 Å². The van der Waals surface area contributed by atoms with Gasteiger partial charge in [0, 0.05) is 81.8 Å². The molecule has 3 fully saturated rings. The monoisotopic (exact) mass is 504 g/mol. The van der Waals surface area contributed by atoms with Crippen molar-refractivity contribution in [2.24, 2.45) is 5.92 Å². The zero-order valence-electron chi connectivity index (χ0n) is 21.3. The lowest BCUT2D eigenvalue weighted by molar-refractivity contribution is -0.119. The summed E-state index contributed by atoms with van der Waals surface area (Å²) < 4.78 is 0. The lowest BCUT2D eigenvalue weighted by Crippen LogP contribution is -2.46. The predicted octanol–water partition coefficient (Wildman–Crippen LogP) is 2.61. The molecule has 3 aliphatic rings. The molecular weight excluding hydrogens is 468 g/mol. The molecule has 0 unspecified atom stereocenters. The second-order valence-electron chi connectivity index (χ2n) is 10.1. The highest BCUT2D eigenvalue weighted by molar-refractivity contribution is 6.00. The van der Waals surface area contributed by atoms with E-state index in [-0.39, 0.29) is 23.6 Å². The number of benzene rings is 1. The fraction of sp³-hybridized carbons (Fsp3) is 0.500. The first-order chi connectivity index (χ1) is 18.1. The van der Waals surface area contributed by atoms with Crippen LogP contribution in [0.4, 0.5) is 11.4 Å². The molecule has 9 heteroatoms. The zero-order chi connectivity index (χ0) is 25.6. The number of rotatable bonds is 5. The smallest absolute Gasteiger partial charge is 0.254 e. The Morgan fingerprint density at radius 2 is 1.49 bits per heavy atom. The van der Waals surface area contributed by atoms with Gasteiger partial charge in [0.2, 0.25) is 5.91 Å². The molecule has 0 bridgehead atoms. The van der Waals surface area contributed by atoms with E-state index in [9.17, 15) is 14.4 Å². The van der Waals surface area contributed by atoms with Gasteiger partial charge >= 0.3 is 0 Å². The summed E-state index contributed by atoms with van der Waals surface area (Å²) >= 11 is 0. The van der Waals surface area contributed by atoms with E-state index in [1.165, 1.54) is 0 Å². The fourth-order valence-electron chi connectivity index (χ4n) is 5.56. The van der Waals surface area contributed by atoms with Gasteiger partial charge in [-0.15, -0.1) is 0 Å². The van der Waals surface area contributed by atoms with Crippen LogP contribution < -0.4 is 15.5 Å². The van der Waals surface area contributed by atoms with E-state index in [0.717, 1.165) is 57.4 Å². The Kier molecular flexibility index (Phi) is 7.99. The first-order valence-corrected chi connectivity index (χ1v) is 13.5. The van der Waals surface area contributed by atoms with Gasteiger partial charge in [-0.2, -0.15) is 0 Å². The van der Waals surface area contributed by atoms with Crippen LogP contribution in [-0.2, 0) is 4.79 Å². The highest BCUT2D eigenvalue weighted by Crippen LogP contribution is 2.32. The number of amides is 3. The molecule has 2 aromatic rings. The number of carbonyl (C=O) groups is 3. The van der Waals surface area contributed by atoms with Gasteiger partial charge in [-0.25, -0.2) is 0 Å². The Balaban J connectivity index is 1.36. The maximum Gasteiger partial charge on any atom is 0.254 e. The van der Waals surface area contributed by atoms with Crippen LogP contribution in [0.5, 0.6) is 0 Å². The van der Waals surface area contributed by atoms with Gasteiger partial charge in [-0.05, 0) is 49.6 Å². The number of hydrogen-bond donors (Lipinski definition) is 2. The van der Waals surface area contributed by atoms with Crippen molar-refractivity contribution in [2.45, 2.75) is 32.1 Å². The lowest BCUT2D eigenvalue weighted by atomic mass is 10.1. The number of aromatic nitrogens is 1. The third kappa shape index (κ3) is 5.93. The van der Waals surface area contributed by atoms with E-state index in [1.54, 1.807) is 24.5 Å². The van der Waals surface area contributed by atoms with Crippen LogP contribution in [0.15, 0.2) is 42.7 Å². The first-order valence-electron chi connectivity index (χ1n) is 13.5. The molecule has 9 nitrogen and oxygen atoms in total. The summed E-state index contributed by atoms with van der Waals surface area (Å²) in [7, 11) is 0. The predicted molar refractivity (Wildman–Crippen MR) is 143 cm³/mol. The average Bonchev–Trinajstić information content (AvgIpc) is 3.39. The van der Waals surface area contributed by atoms with Crippen molar-refractivity contribution in [3.8, 4) is 0 Å². The molecule has 0 radical (unpaired) electrons. The first kappa shape index (κ1) is 25.2. The number of anilines is 2. The largest absolute Gasteiger partial charge is 0.368 e. The molecule has 3 amide bonds. The lowest BCUT2D eigenvalue weighted by Gasteiger charge is -2.29. The normalized spacial score (nSPS) is 19.0. The topological polar surface area (TPSA) is 97.9 Å². The molecule has 0 spiro atoms. The molecule has 1 aromatic heterocycles. The summed E-state index contributed by atoms with van der Waals surface area (Å²) in [4.78, 5) is 49.3. The molecule has 196 valence electrons. The van der Waals surface area contributed by atoms with Crippen molar-refractivity contribution >= 4 is 29.1 Å². The molecule has 37 heavy (non-hydrogen) atoms. The van der Waals surface area contributed by atoms with Crippen molar-refractivity contribution in [2.75, 3.05) is 62.6 Å². The van der Waals surface area contributed by atoms with Gasteiger partial charge in [-0.1, -0.05) is 12.8 Å². The molecule has 5 rings (SSSR count). The van der Waals surface area contributed by atoms with Crippen molar-refractivity contribution in [1.82, 2.24) is 20.1 Å². The van der Waals surface area contributed by atoms with Crippen LogP contribution >= 0.6 is 0 Å². The van der Waals surface area contributed by atoms with Crippen molar-refractivity contribution in [3.63, 3.8) is 0 Å². The van der Waals surface area contributed by atoms with Crippen molar-refractivity contribution < 1.29 is 14.4 Å². The summed E-state index contributed by atoms with van der Waals surface area (Å²) in [6.45, 7) is 5.59. The summed E-state index contributed by atoms with van der Waals surface area (Å²) in [5.41, 5.74) is 2.83. The molecule has 2 N–H and O–H groups in total. The Morgan fingerprint density at radius 3 is 2.24 bits per heavy atom. The van der Waals surface area contributed by atoms with E-state index in [4.69, 9.17) is 0 Å². The Labute approximate surface area is 218 Å². The van der Waals surface area contributed by atoms with Gasteiger partial charge in [0.25, 0.3) is 11.8 Å². The van der Waals surface area contributed by atoms with Gasteiger partial charge < -0.3 is 25.3 Å². The molecule has 1 aromatic carbocycles. The number of pyridine rings is 1. The zero-order valence-corrected chi connectivity index (χ0v) is 21.3. The summed E-state index contributed by atoms with van der Waals surface area (Å²) in [6.07, 6.45) is 8.08. The van der Waals surface area contributed by atoms with E-state index in [1.807, 2.05) is 28.0 Å². The van der Waals surface area contributed by atoms with E-state index >= 15 is 0 Å². The van der Waals surface area contributed by atoms with Crippen molar-refractivity contribution in [3.05, 3.63) is 53.9 Å². The van der Waals surface area contributed by atoms with Gasteiger partial charge in [0.15, 0.2) is 0 Å². The molecule has 3 heterocycles. The molecule has 1 aliphatic carbocycles.